The molecule has 0 amide bonds. The highest BCUT2D eigenvalue weighted by Crippen LogP contribution is 2.28. The third-order valence-corrected chi connectivity index (χ3v) is 3.64. The van der Waals surface area contributed by atoms with Gasteiger partial charge < -0.3 is 14.7 Å². The van der Waals surface area contributed by atoms with E-state index >= 15 is 0 Å². The molecule has 16 heavy (non-hydrogen) atoms. The Labute approximate surface area is 99.8 Å². The molecule has 0 radical (unpaired) electrons. The quantitative estimate of drug-likeness (QED) is 0.645. The third-order valence-electron chi connectivity index (χ3n) is 3.64. The normalized spacial score (nSPS) is 25.5. The van der Waals surface area contributed by atoms with Gasteiger partial charge in [0, 0.05) is 13.2 Å². The molecule has 0 bridgehead atoms. The Morgan fingerprint density at radius 3 is 2.62 bits per heavy atom. The summed E-state index contributed by atoms with van der Waals surface area (Å²) >= 11 is 0. The van der Waals surface area contributed by atoms with Gasteiger partial charge in [-0.05, 0) is 45.2 Å². The molecular weight excluding hydrogens is 202 g/mol. The van der Waals surface area contributed by atoms with Crippen LogP contribution in [0.1, 0.15) is 39.5 Å². The molecule has 1 rings (SSSR count). The van der Waals surface area contributed by atoms with E-state index in [1.807, 2.05) is 6.92 Å². The fraction of sp³-hybridized carbons (Fsp3) is 1.00. The van der Waals surface area contributed by atoms with Crippen molar-refractivity contribution in [2.75, 3.05) is 32.8 Å². The second kappa shape index (κ2) is 8.04. The molecule has 1 N–H and O–H groups in total. The lowest BCUT2D eigenvalue weighted by atomic mass is 10.0. The monoisotopic (exact) mass is 229 g/mol. The van der Waals surface area contributed by atoms with E-state index < -0.39 is 0 Å². The van der Waals surface area contributed by atoms with E-state index in [0.29, 0.717) is 5.92 Å². The van der Waals surface area contributed by atoms with Crippen molar-refractivity contribution >= 4 is 0 Å². The Bertz CT molecular complexity index is 175. The van der Waals surface area contributed by atoms with Gasteiger partial charge in [0.1, 0.15) is 0 Å². The number of rotatable bonds is 8. The molecule has 0 saturated heterocycles. The van der Waals surface area contributed by atoms with E-state index in [1.54, 1.807) is 0 Å². The van der Waals surface area contributed by atoms with E-state index in [1.165, 1.54) is 12.8 Å². The van der Waals surface area contributed by atoms with Crippen LogP contribution < -0.4 is 0 Å². The van der Waals surface area contributed by atoms with E-state index in [-0.39, 0.29) is 6.10 Å². The van der Waals surface area contributed by atoms with E-state index in [0.717, 1.165) is 45.7 Å². The van der Waals surface area contributed by atoms with Crippen molar-refractivity contribution in [1.82, 2.24) is 4.90 Å². The van der Waals surface area contributed by atoms with E-state index in [2.05, 4.69) is 11.8 Å². The topological polar surface area (TPSA) is 32.7 Å². The van der Waals surface area contributed by atoms with Gasteiger partial charge in [-0.15, -0.1) is 0 Å². The van der Waals surface area contributed by atoms with Gasteiger partial charge in [-0.3, -0.25) is 0 Å². The molecule has 0 aromatic carbocycles. The zero-order valence-electron chi connectivity index (χ0n) is 10.8. The maximum absolute atomic E-state index is 9.75. The number of nitrogens with zero attached hydrogens (tertiary/aromatic N) is 1. The van der Waals surface area contributed by atoms with Crippen molar-refractivity contribution in [3.8, 4) is 0 Å². The lowest BCUT2D eigenvalue weighted by molar-refractivity contribution is 0.0980. The first kappa shape index (κ1) is 13.9. The van der Waals surface area contributed by atoms with Crippen LogP contribution in [0.15, 0.2) is 0 Å². The van der Waals surface area contributed by atoms with Crippen molar-refractivity contribution in [2.24, 2.45) is 5.92 Å². The molecule has 0 aromatic heterocycles. The SMILES string of the molecule is CCOCCN(CC)CCC1CCCC1O. The number of ether oxygens (including phenoxy) is 1. The second-order valence-corrected chi connectivity index (χ2v) is 4.68. The van der Waals surface area contributed by atoms with Crippen molar-refractivity contribution in [1.29, 1.82) is 0 Å². The third kappa shape index (κ3) is 4.81. The number of hydrogen-bond donors (Lipinski definition) is 1. The van der Waals surface area contributed by atoms with Gasteiger partial charge in [0.05, 0.1) is 12.7 Å². The van der Waals surface area contributed by atoms with Crippen LogP contribution in [-0.4, -0.2) is 49.0 Å². The van der Waals surface area contributed by atoms with Gasteiger partial charge in [0.25, 0.3) is 0 Å². The molecule has 0 spiro atoms. The zero-order valence-corrected chi connectivity index (χ0v) is 10.8. The number of aliphatic hydroxyl groups is 1. The maximum Gasteiger partial charge on any atom is 0.0593 e. The summed E-state index contributed by atoms with van der Waals surface area (Å²) in [6.07, 6.45) is 4.53. The standard InChI is InChI=1S/C13H27NO2/c1-3-14(10-11-16-4-2)9-8-12-6-5-7-13(12)15/h12-13,15H,3-11H2,1-2H3. The molecule has 1 aliphatic rings. The highest BCUT2D eigenvalue weighted by molar-refractivity contribution is 4.77. The summed E-state index contributed by atoms with van der Waals surface area (Å²) in [7, 11) is 0. The van der Waals surface area contributed by atoms with Gasteiger partial charge in [-0.1, -0.05) is 13.3 Å². The van der Waals surface area contributed by atoms with Crippen molar-refractivity contribution in [3.05, 3.63) is 0 Å². The minimum atomic E-state index is -0.0365. The highest BCUT2D eigenvalue weighted by Gasteiger charge is 2.24. The summed E-state index contributed by atoms with van der Waals surface area (Å²) in [5.74, 6) is 0.543. The Kier molecular flexibility index (Phi) is 7.01. The summed E-state index contributed by atoms with van der Waals surface area (Å²) in [4.78, 5) is 2.42. The average Bonchev–Trinajstić information content (AvgIpc) is 2.69. The maximum atomic E-state index is 9.75. The van der Waals surface area contributed by atoms with Gasteiger partial charge >= 0.3 is 0 Å². The van der Waals surface area contributed by atoms with Crippen molar-refractivity contribution in [3.63, 3.8) is 0 Å². The molecule has 2 atom stereocenters. The molecule has 3 nitrogen and oxygen atoms in total. The number of likely N-dealkylation sites (N-methyl/N-ethyl adjacent to an activating group) is 1. The zero-order chi connectivity index (χ0) is 11.8. The Morgan fingerprint density at radius 2 is 2.06 bits per heavy atom. The molecule has 0 aromatic rings. The van der Waals surface area contributed by atoms with Gasteiger partial charge in [-0.25, -0.2) is 0 Å². The lowest BCUT2D eigenvalue weighted by Gasteiger charge is -2.23. The minimum absolute atomic E-state index is 0.0365. The summed E-state index contributed by atoms with van der Waals surface area (Å²) in [6, 6.07) is 0. The number of aliphatic hydroxyl groups excluding tert-OH is 1. The van der Waals surface area contributed by atoms with Crippen LogP contribution in [0.25, 0.3) is 0 Å². The lowest BCUT2D eigenvalue weighted by Crippen LogP contribution is -2.30. The molecule has 1 aliphatic carbocycles. The van der Waals surface area contributed by atoms with Crippen LogP contribution in [0, 0.1) is 5.92 Å². The van der Waals surface area contributed by atoms with Crippen LogP contribution in [0.4, 0.5) is 0 Å². The van der Waals surface area contributed by atoms with Crippen LogP contribution in [0.5, 0.6) is 0 Å². The molecule has 1 saturated carbocycles. The molecule has 2 unspecified atom stereocenters. The molecule has 0 aliphatic heterocycles. The fourth-order valence-electron chi connectivity index (χ4n) is 2.47. The fourth-order valence-corrected chi connectivity index (χ4v) is 2.47. The summed E-state index contributed by atoms with van der Waals surface area (Å²) in [5.41, 5.74) is 0. The average molecular weight is 229 g/mol. The van der Waals surface area contributed by atoms with Crippen molar-refractivity contribution < 1.29 is 9.84 Å². The minimum Gasteiger partial charge on any atom is -0.393 e. The molecule has 1 fully saturated rings. The Morgan fingerprint density at radius 1 is 1.25 bits per heavy atom. The summed E-state index contributed by atoms with van der Waals surface area (Å²) < 4.78 is 5.37. The largest absolute Gasteiger partial charge is 0.393 e. The van der Waals surface area contributed by atoms with E-state index in [4.69, 9.17) is 4.74 Å². The molecular formula is C13H27NO2. The summed E-state index contributed by atoms with van der Waals surface area (Å²) in [5, 5.41) is 9.75. The molecule has 3 heteroatoms. The first-order valence-corrected chi connectivity index (χ1v) is 6.76. The van der Waals surface area contributed by atoms with Crippen LogP contribution in [0.3, 0.4) is 0 Å². The first-order valence-electron chi connectivity index (χ1n) is 6.76. The van der Waals surface area contributed by atoms with Crippen LogP contribution >= 0.6 is 0 Å². The van der Waals surface area contributed by atoms with E-state index in [9.17, 15) is 5.11 Å². The van der Waals surface area contributed by atoms with Gasteiger partial charge in [-0.2, -0.15) is 0 Å². The molecule has 0 heterocycles. The summed E-state index contributed by atoms with van der Waals surface area (Å²) in [6.45, 7) is 9.06. The van der Waals surface area contributed by atoms with Crippen molar-refractivity contribution in [2.45, 2.75) is 45.6 Å². The Balaban J connectivity index is 2.12. The van der Waals surface area contributed by atoms with Gasteiger partial charge in [0.15, 0.2) is 0 Å². The Hall–Kier alpha value is -0.120. The smallest absolute Gasteiger partial charge is 0.0593 e. The van der Waals surface area contributed by atoms with Crippen LogP contribution in [-0.2, 0) is 4.74 Å². The highest BCUT2D eigenvalue weighted by atomic mass is 16.5. The second-order valence-electron chi connectivity index (χ2n) is 4.68. The van der Waals surface area contributed by atoms with Crippen LogP contribution in [0.2, 0.25) is 0 Å². The predicted octanol–water partition coefficient (Wildman–Crippen LogP) is 1.90. The molecule has 96 valence electrons. The first-order chi connectivity index (χ1) is 7.77. The predicted molar refractivity (Wildman–Crippen MR) is 66.6 cm³/mol. The number of hydrogen-bond acceptors (Lipinski definition) is 3. The van der Waals surface area contributed by atoms with Gasteiger partial charge in [0.2, 0.25) is 0 Å².